The van der Waals surface area contributed by atoms with Crippen molar-refractivity contribution in [1.29, 1.82) is 5.41 Å². The predicted molar refractivity (Wildman–Crippen MR) is 111 cm³/mol. The summed E-state index contributed by atoms with van der Waals surface area (Å²) < 4.78 is 5.80. The number of ether oxygens (including phenoxy) is 1. The molecule has 0 aromatic heterocycles. The average Bonchev–Trinajstić information content (AvgIpc) is 3.12. The molecule has 0 amide bonds. The lowest BCUT2D eigenvalue weighted by Crippen LogP contribution is -2.57. The van der Waals surface area contributed by atoms with Crippen LogP contribution in [-0.2, 0) is 9.57 Å². The summed E-state index contributed by atoms with van der Waals surface area (Å²) in [5.74, 6) is 1.40. The highest BCUT2D eigenvalue weighted by molar-refractivity contribution is 5.99. The molecule has 2 aliphatic heterocycles. The van der Waals surface area contributed by atoms with E-state index in [1.807, 2.05) is 11.8 Å². The number of hydrogen-bond acceptors (Lipinski definition) is 7. The topological polar surface area (TPSA) is 108 Å². The molecule has 28 heavy (non-hydrogen) atoms. The van der Waals surface area contributed by atoms with Gasteiger partial charge in [-0.05, 0) is 39.2 Å². The molecule has 0 spiro atoms. The van der Waals surface area contributed by atoms with Crippen molar-refractivity contribution in [3.8, 4) is 0 Å². The van der Waals surface area contributed by atoms with Crippen molar-refractivity contribution in [3.63, 3.8) is 0 Å². The van der Waals surface area contributed by atoms with Crippen molar-refractivity contribution in [1.82, 2.24) is 15.7 Å². The summed E-state index contributed by atoms with van der Waals surface area (Å²) in [5, 5.41) is 12.6. The summed E-state index contributed by atoms with van der Waals surface area (Å²) >= 11 is 0. The SMILES string of the molecule is COC1CN(C(=N)C(/C=C(/C)N)=C2N=C(C)NO2)CCC1NC1CCCCC1. The van der Waals surface area contributed by atoms with E-state index >= 15 is 0 Å². The minimum absolute atomic E-state index is 0.0399. The van der Waals surface area contributed by atoms with Gasteiger partial charge in [-0.1, -0.05) is 19.3 Å². The van der Waals surface area contributed by atoms with Gasteiger partial charge in [-0.3, -0.25) is 5.41 Å². The third-order valence-electron chi connectivity index (χ3n) is 5.66. The fourth-order valence-corrected chi connectivity index (χ4v) is 4.19. The fourth-order valence-electron chi connectivity index (χ4n) is 4.19. The van der Waals surface area contributed by atoms with E-state index in [0.29, 0.717) is 47.5 Å². The number of allylic oxidation sites excluding steroid dienone is 1. The molecule has 2 unspecified atom stereocenters. The summed E-state index contributed by atoms with van der Waals surface area (Å²) in [6.45, 7) is 5.05. The zero-order valence-electron chi connectivity index (χ0n) is 17.3. The third-order valence-corrected chi connectivity index (χ3v) is 5.66. The molecular weight excluding hydrogens is 356 g/mol. The molecule has 2 fully saturated rings. The molecule has 2 heterocycles. The number of likely N-dealkylation sites (tertiary alicyclic amines) is 1. The van der Waals surface area contributed by atoms with Crippen molar-refractivity contribution in [2.75, 3.05) is 20.2 Å². The van der Waals surface area contributed by atoms with Crippen molar-refractivity contribution in [2.45, 2.75) is 70.6 Å². The van der Waals surface area contributed by atoms with Gasteiger partial charge in [0.2, 0.25) is 0 Å². The van der Waals surface area contributed by atoms with Gasteiger partial charge in [0.1, 0.15) is 11.7 Å². The summed E-state index contributed by atoms with van der Waals surface area (Å²) in [6.07, 6.45) is 9.21. The first-order chi connectivity index (χ1) is 13.5. The van der Waals surface area contributed by atoms with E-state index in [9.17, 15) is 0 Å². The molecule has 0 bridgehead atoms. The van der Waals surface area contributed by atoms with E-state index in [0.717, 1.165) is 13.0 Å². The molecule has 0 aromatic rings. The Kier molecular flexibility index (Phi) is 6.96. The van der Waals surface area contributed by atoms with E-state index in [1.54, 1.807) is 20.1 Å². The second-order valence-corrected chi connectivity index (χ2v) is 7.97. The molecule has 3 rings (SSSR count). The van der Waals surface area contributed by atoms with Crippen molar-refractivity contribution < 1.29 is 9.57 Å². The molecule has 5 N–H and O–H groups in total. The van der Waals surface area contributed by atoms with Gasteiger partial charge in [0.05, 0.1) is 11.7 Å². The second kappa shape index (κ2) is 9.43. The quantitative estimate of drug-likeness (QED) is 0.422. The Hall–Kier alpha value is -2.06. The van der Waals surface area contributed by atoms with E-state index in [1.165, 1.54) is 32.1 Å². The number of aliphatic imine (C=N–C) groups is 1. The first-order valence-electron chi connectivity index (χ1n) is 10.3. The van der Waals surface area contributed by atoms with Crippen LogP contribution in [0.5, 0.6) is 0 Å². The number of nitrogens with zero attached hydrogens (tertiary/aromatic N) is 2. The fraction of sp³-hybridized carbons (Fsp3) is 0.700. The molecule has 1 saturated heterocycles. The predicted octanol–water partition coefficient (Wildman–Crippen LogP) is 2.00. The summed E-state index contributed by atoms with van der Waals surface area (Å²) in [5.41, 5.74) is 9.81. The lowest BCUT2D eigenvalue weighted by atomic mass is 9.92. The van der Waals surface area contributed by atoms with Crippen molar-refractivity contribution in [3.05, 3.63) is 23.2 Å². The van der Waals surface area contributed by atoms with Crippen LogP contribution in [0.3, 0.4) is 0 Å². The van der Waals surface area contributed by atoms with Crippen LogP contribution in [0.1, 0.15) is 52.4 Å². The van der Waals surface area contributed by atoms with Gasteiger partial charge in [0.25, 0.3) is 5.88 Å². The Morgan fingerprint density at radius 2 is 2.11 bits per heavy atom. The maximum atomic E-state index is 8.76. The van der Waals surface area contributed by atoms with Crippen LogP contribution >= 0.6 is 0 Å². The van der Waals surface area contributed by atoms with Gasteiger partial charge in [0, 0.05) is 38.0 Å². The van der Waals surface area contributed by atoms with Crippen LogP contribution in [-0.4, -0.2) is 55.0 Å². The number of hydroxylamine groups is 1. The molecular formula is C20H34N6O2. The zero-order chi connectivity index (χ0) is 20.1. The van der Waals surface area contributed by atoms with Crippen molar-refractivity contribution in [2.24, 2.45) is 10.7 Å². The largest absolute Gasteiger partial charge is 0.402 e. The number of amidine groups is 2. The van der Waals surface area contributed by atoms with Crippen LogP contribution in [0.25, 0.3) is 0 Å². The highest BCUT2D eigenvalue weighted by Gasteiger charge is 2.33. The van der Waals surface area contributed by atoms with Crippen LogP contribution in [0.2, 0.25) is 0 Å². The Morgan fingerprint density at radius 1 is 1.36 bits per heavy atom. The van der Waals surface area contributed by atoms with E-state index in [-0.39, 0.29) is 6.10 Å². The maximum Gasteiger partial charge on any atom is 0.258 e. The highest BCUT2D eigenvalue weighted by Crippen LogP contribution is 2.24. The summed E-state index contributed by atoms with van der Waals surface area (Å²) in [4.78, 5) is 11.8. The molecule has 0 radical (unpaired) electrons. The van der Waals surface area contributed by atoms with E-state index < -0.39 is 0 Å². The van der Waals surface area contributed by atoms with Crippen LogP contribution in [0, 0.1) is 5.41 Å². The van der Waals surface area contributed by atoms with Crippen LogP contribution < -0.4 is 16.5 Å². The number of hydrogen-bond donors (Lipinski definition) is 4. The molecule has 8 heteroatoms. The molecule has 1 aliphatic carbocycles. The highest BCUT2D eigenvalue weighted by atomic mass is 16.7. The summed E-state index contributed by atoms with van der Waals surface area (Å²) in [6, 6.07) is 0.919. The van der Waals surface area contributed by atoms with Gasteiger partial charge in [-0.2, -0.15) is 4.99 Å². The smallest absolute Gasteiger partial charge is 0.258 e. The molecule has 0 aromatic carbocycles. The normalized spacial score (nSPS) is 28.5. The minimum atomic E-state index is 0.0399. The lowest BCUT2D eigenvalue weighted by molar-refractivity contribution is 0.0203. The third kappa shape index (κ3) is 5.05. The minimum Gasteiger partial charge on any atom is -0.402 e. The van der Waals surface area contributed by atoms with Gasteiger partial charge < -0.3 is 25.5 Å². The number of nitrogens with two attached hydrogens (primary N) is 1. The van der Waals surface area contributed by atoms with Crippen LogP contribution in [0.4, 0.5) is 0 Å². The monoisotopic (exact) mass is 390 g/mol. The first-order valence-corrected chi connectivity index (χ1v) is 10.3. The van der Waals surface area contributed by atoms with E-state index in [2.05, 4.69) is 15.8 Å². The molecule has 8 nitrogen and oxygen atoms in total. The van der Waals surface area contributed by atoms with Gasteiger partial charge in [-0.25, -0.2) is 5.48 Å². The maximum absolute atomic E-state index is 8.76. The Morgan fingerprint density at radius 3 is 2.71 bits per heavy atom. The summed E-state index contributed by atoms with van der Waals surface area (Å²) in [7, 11) is 1.76. The molecule has 2 atom stereocenters. The Labute approximate surface area is 167 Å². The number of piperidine rings is 1. The standard InChI is InChI=1S/C20H34N6O2/c1-13(21)11-16(20-23-14(2)25-28-20)19(22)26-10-9-17(18(12-26)27-3)24-15-7-5-4-6-8-15/h11,15,17-18,22,24H,4-10,12,21H2,1-3H3,(H,23,25)/b13-11-,20-16?,22-19?. The Bertz CT molecular complexity index is 662. The van der Waals surface area contributed by atoms with Crippen LogP contribution in [0.15, 0.2) is 28.2 Å². The van der Waals surface area contributed by atoms with Gasteiger partial charge >= 0.3 is 0 Å². The van der Waals surface area contributed by atoms with Crippen molar-refractivity contribution >= 4 is 11.7 Å². The Balaban J connectivity index is 1.69. The average molecular weight is 391 g/mol. The van der Waals surface area contributed by atoms with Gasteiger partial charge in [0.15, 0.2) is 0 Å². The molecule has 3 aliphatic rings. The number of rotatable bonds is 5. The van der Waals surface area contributed by atoms with E-state index in [4.69, 9.17) is 20.7 Å². The zero-order valence-corrected chi connectivity index (χ0v) is 17.3. The first kappa shape index (κ1) is 20.7. The molecule has 1 saturated carbocycles. The lowest BCUT2D eigenvalue weighted by Gasteiger charge is -2.41. The molecule has 156 valence electrons. The second-order valence-electron chi connectivity index (χ2n) is 7.97. The number of methoxy groups -OCH3 is 1. The number of nitrogens with one attached hydrogen (secondary N) is 3. The van der Waals surface area contributed by atoms with Gasteiger partial charge in [-0.15, -0.1) is 0 Å².